The quantitative estimate of drug-likeness (QED) is 0.261. The van der Waals surface area contributed by atoms with Crippen LogP contribution in [-0.4, -0.2) is 36.4 Å². The van der Waals surface area contributed by atoms with Crippen LogP contribution in [0.25, 0.3) is 6.08 Å². The zero-order chi connectivity index (χ0) is 21.1. The summed E-state index contributed by atoms with van der Waals surface area (Å²) in [7, 11) is 0. The molecule has 0 aliphatic rings. The molecule has 3 N–H and O–H groups in total. The molecule has 0 bridgehead atoms. The van der Waals surface area contributed by atoms with E-state index in [0.29, 0.717) is 41.4 Å². The summed E-state index contributed by atoms with van der Waals surface area (Å²) in [5, 5.41) is 12.5. The first kappa shape index (κ1) is 21.6. The Morgan fingerprint density at radius 1 is 1.10 bits per heavy atom. The van der Waals surface area contributed by atoms with Crippen molar-refractivity contribution in [2.45, 2.75) is 13.8 Å². The Balaban J connectivity index is 2.11. The molecule has 2 aromatic rings. The maximum atomic E-state index is 12.3. The predicted molar refractivity (Wildman–Crippen MR) is 109 cm³/mol. The number of ether oxygens (including phenoxy) is 2. The number of hydrogen-bond acceptors (Lipinski definition) is 6. The zero-order valence-corrected chi connectivity index (χ0v) is 16.2. The fourth-order valence-electron chi connectivity index (χ4n) is 2.42. The molecule has 0 spiro atoms. The number of hydrogen-bond donors (Lipinski definition) is 3. The monoisotopic (exact) mass is 397 g/mol. The number of para-hydroxylation sites is 1. The van der Waals surface area contributed by atoms with Gasteiger partial charge in [0, 0.05) is 17.2 Å². The number of rotatable bonds is 9. The van der Waals surface area contributed by atoms with Gasteiger partial charge in [0.25, 0.3) is 11.8 Å². The lowest BCUT2D eigenvalue weighted by molar-refractivity contribution is -0.124. The van der Waals surface area contributed by atoms with Crippen LogP contribution in [0.15, 0.2) is 53.6 Å². The highest BCUT2D eigenvalue weighted by Crippen LogP contribution is 2.30. The normalized spacial score (nSPS) is 10.9. The molecule has 0 heterocycles. The third-order valence-electron chi connectivity index (χ3n) is 3.65. The second-order valence-electron chi connectivity index (χ2n) is 5.67. The van der Waals surface area contributed by atoms with E-state index >= 15 is 0 Å². The van der Waals surface area contributed by atoms with Gasteiger partial charge in [-0.1, -0.05) is 18.2 Å². The molecule has 2 rings (SSSR count). The van der Waals surface area contributed by atoms with Crippen molar-refractivity contribution in [3.63, 3.8) is 0 Å². The zero-order valence-electron chi connectivity index (χ0n) is 16.2. The van der Waals surface area contributed by atoms with E-state index in [1.807, 2.05) is 19.9 Å². The van der Waals surface area contributed by atoms with Gasteiger partial charge < -0.3 is 9.47 Å². The lowest BCUT2D eigenvalue weighted by Gasteiger charge is -2.12. The summed E-state index contributed by atoms with van der Waals surface area (Å²) in [5.74, 6) is 0.0889. The van der Waals surface area contributed by atoms with E-state index < -0.39 is 11.8 Å². The summed E-state index contributed by atoms with van der Waals surface area (Å²) < 4.78 is 11.2. The first-order chi connectivity index (χ1) is 14.1. The van der Waals surface area contributed by atoms with Gasteiger partial charge in [0.1, 0.15) is 0 Å². The van der Waals surface area contributed by atoms with Crippen molar-refractivity contribution in [3.05, 3.63) is 65.2 Å². The fraction of sp³-hybridized carbons (Fsp3) is 0.190. The predicted octanol–water partition coefficient (Wildman–Crippen LogP) is 2.77. The third kappa shape index (κ3) is 6.47. The topological polar surface area (TPSA) is 109 Å². The summed E-state index contributed by atoms with van der Waals surface area (Å²) in [4.78, 5) is 23.4. The minimum Gasteiger partial charge on any atom is -0.490 e. The van der Waals surface area contributed by atoms with E-state index in [4.69, 9.17) is 14.7 Å². The van der Waals surface area contributed by atoms with Gasteiger partial charge in [0.2, 0.25) is 0 Å². The van der Waals surface area contributed by atoms with Gasteiger partial charge in [-0.25, -0.2) is 10.9 Å². The fourth-order valence-corrected chi connectivity index (χ4v) is 2.42. The van der Waals surface area contributed by atoms with E-state index in [2.05, 4.69) is 10.5 Å². The Hall–Kier alpha value is -3.65. The van der Waals surface area contributed by atoms with Crippen LogP contribution in [-0.2, 0) is 4.79 Å². The number of hydrazone groups is 1. The molecular weight excluding hydrogens is 374 g/mol. The molecule has 29 heavy (non-hydrogen) atoms. The molecule has 2 aromatic carbocycles. The molecule has 0 unspecified atom stereocenters. The maximum Gasteiger partial charge on any atom is 0.271 e. The van der Waals surface area contributed by atoms with Crippen LogP contribution in [0.2, 0.25) is 0 Å². The van der Waals surface area contributed by atoms with Gasteiger partial charge >= 0.3 is 0 Å². The SMILES string of the molecule is CCOc1cccc(/C=N/NC(=O)c2cccc(/C=C/C(=O)NO)c2)c1OCC. The highest BCUT2D eigenvalue weighted by atomic mass is 16.5. The number of carbonyl (C=O) groups is 2. The first-order valence-electron chi connectivity index (χ1n) is 9.03. The summed E-state index contributed by atoms with van der Waals surface area (Å²) in [6.45, 7) is 4.72. The maximum absolute atomic E-state index is 12.3. The number of hydroxylamine groups is 1. The Kier molecular flexibility index (Phi) is 8.40. The Labute approximate surface area is 168 Å². The minimum atomic E-state index is -0.663. The van der Waals surface area contributed by atoms with Crippen LogP contribution in [0.5, 0.6) is 11.5 Å². The largest absolute Gasteiger partial charge is 0.490 e. The van der Waals surface area contributed by atoms with Crippen LogP contribution < -0.4 is 20.4 Å². The Bertz CT molecular complexity index is 909. The molecular formula is C21H23N3O5. The van der Waals surface area contributed by atoms with E-state index in [-0.39, 0.29) is 0 Å². The standard InChI is InChI=1S/C21H23N3O5/c1-3-28-18-10-6-9-17(20(18)29-4-2)14-22-23-21(26)16-8-5-7-15(13-16)11-12-19(25)24-27/h5-14,27H,3-4H2,1-2H3,(H,23,26)(H,24,25)/b12-11+,22-14+. The van der Waals surface area contributed by atoms with Crippen molar-refractivity contribution in [2.24, 2.45) is 5.10 Å². The molecule has 0 saturated carbocycles. The van der Waals surface area contributed by atoms with E-state index in [1.54, 1.807) is 36.4 Å². The highest BCUT2D eigenvalue weighted by Gasteiger charge is 2.10. The molecule has 0 aliphatic heterocycles. The molecule has 8 heteroatoms. The molecule has 0 aliphatic carbocycles. The van der Waals surface area contributed by atoms with E-state index in [9.17, 15) is 9.59 Å². The van der Waals surface area contributed by atoms with Gasteiger partial charge in [0.05, 0.1) is 19.4 Å². The number of carbonyl (C=O) groups excluding carboxylic acids is 2. The third-order valence-corrected chi connectivity index (χ3v) is 3.65. The lowest BCUT2D eigenvalue weighted by atomic mass is 10.1. The lowest BCUT2D eigenvalue weighted by Crippen LogP contribution is -2.17. The number of nitrogens with one attached hydrogen (secondary N) is 2. The summed E-state index contributed by atoms with van der Waals surface area (Å²) in [6, 6.07) is 12.0. The molecule has 0 atom stereocenters. The number of benzene rings is 2. The van der Waals surface area contributed by atoms with Gasteiger partial charge in [-0.05, 0) is 49.8 Å². The summed E-state index contributed by atoms with van der Waals surface area (Å²) >= 11 is 0. The van der Waals surface area contributed by atoms with Crippen LogP contribution in [0.4, 0.5) is 0 Å². The molecule has 8 nitrogen and oxygen atoms in total. The molecule has 152 valence electrons. The summed E-state index contributed by atoms with van der Waals surface area (Å²) in [6.07, 6.45) is 4.11. The minimum absolute atomic E-state index is 0.363. The average molecular weight is 397 g/mol. The van der Waals surface area contributed by atoms with Gasteiger partial charge in [-0.2, -0.15) is 5.10 Å². The number of amides is 2. The second kappa shape index (κ2) is 11.3. The van der Waals surface area contributed by atoms with Crippen LogP contribution in [0, 0.1) is 0 Å². The van der Waals surface area contributed by atoms with Crippen molar-refractivity contribution in [2.75, 3.05) is 13.2 Å². The smallest absolute Gasteiger partial charge is 0.271 e. The average Bonchev–Trinajstić information content (AvgIpc) is 2.74. The van der Waals surface area contributed by atoms with Crippen molar-refractivity contribution in [1.29, 1.82) is 0 Å². The van der Waals surface area contributed by atoms with Crippen molar-refractivity contribution in [3.8, 4) is 11.5 Å². The molecule has 0 fully saturated rings. The van der Waals surface area contributed by atoms with Crippen molar-refractivity contribution < 1.29 is 24.3 Å². The van der Waals surface area contributed by atoms with Crippen molar-refractivity contribution >= 4 is 24.1 Å². The van der Waals surface area contributed by atoms with Crippen molar-refractivity contribution in [1.82, 2.24) is 10.9 Å². The van der Waals surface area contributed by atoms with Gasteiger partial charge in [-0.15, -0.1) is 0 Å². The molecule has 0 aromatic heterocycles. The van der Waals surface area contributed by atoms with Crippen LogP contribution >= 0.6 is 0 Å². The number of nitrogens with zero attached hydrogens (tertiary/aromatic N) is 1. The highest BCUT2D eigenvalue weighted by molar-refractivity contribution is 5.96. The van der Waals surface area contributed by atoms with E-state index in [0.717, 1.165) is 6.08 Å². The van der Waals surface area contributed by atoms with Crippen LogP contribution in [0.3, 0.4) is 0 Å². The molecule has 0 saturated heterocycles. The van der Waals surface area contributed by atoms with Gasteiger partial charge in [0.15, 0.2) is 11.5 Å². The summed E-state index contributed by atoms with van der Waals surface area (Å²) in [5.41, 5.74) is 5.61. The van der Waals surface area contributed by atoms with Gasteiger partial charge in [-0.3, -0.25) is 14.8 Å². The molecule has 0 radical (unpaired) electrons. The van der Waals surface area contributed by atoms with Crippen LogP contribution in [0.1, 0.15) is 35.3 Å². The van der Waals surface area contributed by atoms with E-state index in [1.165, 1.54) is 17.8 Å². The molecule has 2 amide bonds. The Morgan fingerprint density at radius 3 is 2.59 bits per heavy atom. The Morgan fingerprint density at radius 2 is 1.86 bits per heavy atom. The second-order valence-corrected chi connectivity index (χ2v) is 5.67. The first-order valence-corrected chi connectivity index (χ1v) is 9.03.